The van der Waals surface area contributed by atoms with E-state index in [1.807, 2.05) is 0 Å². The molecule has 2 heterocycles. The van der Waals surface area contributed by atoms with Crippen LogP contribution in [0.25, 0.3) is 11.5 Å². The van der Waals surface area contributed by atoms with Crippen molar-refractivity contribution in [2.24, 2.45) is 0 Å². The number of rotatable bonds is 4. The number of nitrogens with zero attached hydrogens (tertiary/aromatic N) is 5. The number of H-pyrrole nitrogens is 1. The van der Waals surface area contributed by atoms with E-state index in [2.05, 4.69) is 25.7 Å². The highest BCUT2D eigenvalue weighted by Crippen LogP contribution is 2.24. The average molecular weight is 264 g/mol. The smallest absolute Gasteiger partial charge is 0.331 e. The fraction of sp³-hybridized carbons (Fsp3) is 0.400. The molecule has 0 aliphatic carbocycles. The van der Waals surface area contributed by atoms with Crippen LogP contribution in [-0.2, 0) is 10.3 Å². The van der Waals surface area contributed by atoms with Crippen molar-refractivity contribution in [2.45, 2.75) is 25.8 Å². The van der Waals surface area contributed by atoms with Crippen molar-refractivity contribution in [1.82, 2.24) is 30.4 Å². The van der Waals surface area contributed by atoms with E-state index in [1.54, 1.807) is 6.92 Å². The molecule has 1 atom stereocenters. The highest BCUT2D eigenvalue weighted by atomic mass is 16.4. The molecule has 0 aliphatic heterocycles. The van der Waals surface area contributed by atoms with Crippen LogP contribution >= 0.6 is 0 Å². The summed E-state index contributed by atoms with van der Waals surface area (Å²) < 4.78 is 1.19. The van der Waals surface area contributed by atoms with Gasteiger partial charge in [-0.1, -0.05) is 6.92 Å². The molecule has 0 aliphatic rings. The highest BCUT2D eigenvalue weighted by Gasteiger charge is 2.37. The van der Waals surface area contributed by atoms with Gasteiger partial charge in [-0.3, -0.25) is 4.79 Å². The third kappa shape index (κ3) is 2.09. The lowest BCUT2D eigenvalue weighted by Crippen LogP contribution is -2.39. The number of nitrogens with one attached hydrogen (secondary N) is 1. The molecule has 0 spiro atoms. The van der Waals surface area contributed by atoms with E-state index in [0.717, 1.165) is 0 Å². The van der Waals surface area contributed by atoms with Gasteiger partial charge in [0.2, 0.25) is 5.82 Å². The first kappa shape index (κ1) is 12.9. The lowest BCUT2D eigenvalue weighted by Gasteiger charge is -2.23. The van der Waals surface area contributed by atoms with Gasteiger partial charge in [0.25, 0.3) is 5.56 Å². The van der Waals surface area contributed by atoms with Gasteiger partial charge in [-0.05, 0) is 29.8 Å². The third-order valence-corrected chi connectivity index (χ3v) is 2.99. The molecule has 9 heteroatoms. The van der Waals surface area contributed by atoms with Gasteiger partial charge in [0.1, 0.15) is 5.69 Å². The Bertz CT molecular complexity index is 643. The molecule has 2 aromatic heterocycles. The van der Waals surface area contributed by atoms with Crippen LogP contribution in [-0.4, -0.2) is 41.5 Å². The highest BCUT2D eigenvalue weighted by molar-refractivity contribution is 5.76. The van der Waals surface area contributed by atoms with Crippen LogP contribution in [0.3, 0.4) is 0 Å². The van der Waals surface area contributed by atoms with Gasteiger partial charge in [-0.25, -0.2) is 14.6 Å². The Kier molecular flexibility index (Phi) is 3.11. The van der Waals surface area contributed by atoms with Crippen molar-refractivity contribution in [3.8, 4) is 11.5 Å². The lowest BCUT2D eigenvalue weighted by molar-refractivity contribution is -0.147. The number of tetrazole rings is 1. The Balaban J connectivity index is 2.57. The molecule has 2 N–H and O–H groups in total. The average Bonchev–Trinajstić information content (AvgIpc) is 2.88. The molecule has 9 nitrogen and oxygen atoms in total. The number of aromatic nitrogens is 6. The third-order valence-electron chi connectivity index (χ3n) is 2.99. The van der Waals surface area contributed by atoms with Gasteiger partial charge < -0.3 is 5.11 Å². The second-order valence-corrected chi connectivity index (χ2v) is 4.15. The van der Waals surface area contributed by atoms with Gasteiger partial charge in [0, 0.05) is 6.07 Å². The zero-order valence-corrected chi connectivity index (χ0v) is 10.4. The van der Waals surface area contributed by atoms with E-state index in [-0.39, 0.29) is 11.4 Å². The molecule has 0 radical (unpaired) electrons. The first-order chi connectivity index (χ1) is 8.99. The van der Waals surface area contributed by atoms with E-state index < -0.39 is 11.5 Å². The summed E-state index contributed by atoms with van der Waals surface area (Å²) in [5.41, 5.74) is -1.35. The summed E-state index contributed by atoms with van der Waals surface area (Å²) >= 11 is 0. The van der Waals surface area contributed by atoms with E-state index in [9.17, 15) is 14.7 Å². The lowest BCUT2D eigenvalue weighted by atomic mass is 9.99. The van der Waals surface area contributed by atoms with Crippen LogP contribution in [0.2, 0.25) is 0 Å². The normalized spacial score (nSPS) is 14.0. The van der Waals surface area contributed by atoms with Crippen molar-refractivity contribution in [2.75, 3.05) is 0 Å². The number of hydrogen-bond donors (Lipinski definition) is 2. The van der Waals surface area contributed by atoms with Crippen molar-refractivity contribution < 1.29 is 9.90 Å². The Labute approximate surface area is 107 Å². The summed E-state index contributed by atoms with van der Waals surface area (Å²) in [5.74, 6) is -0.865. The number of carbonyl (C=O) groups is 1. The number of hydrogen-bond acceptors (Lipinski definition) is 6. The van der Waals surface area contributed by atoms with Gasteiger partial charge in [-0.15, -0.1) is 5.10 Å². The fourth-order valence-corrected chi connectivity index (χ4v) is 1.54. The standard InChI is InChI=1S/C10H12N6O3/c1-3-10(2,9(18)19)16-8(13-14-15-16)6-4-5-7(17)12-11-6/h4-5H,3H2,1-2H3,(H,12,17)(H,18,19). The minimum absolute atomic E-state index is 0.183. The van der Waals surface area contributed by atoms with E-state index in [4.69, 9.17) is 0 Å². The minimum atomic E-state index is -1.28. The summed E-state index contributed by atoms with van der Waals surface area (Å²) in [6.07, 6.45) is 0.295. The number of aliphatic carboxylic acids is 1. The maximum absolute atomic E-state index is 11.4. The monoisotopic (exact) mass is 264 g/mol. The van der Waals surface area contributed by atoms with Gasteiger partial charge in [0.15, 0.2) is 5.54 Å². The molecule has 2 rings (SSSR count). The van der Waals surface area contributed by atoms with Crippen LogP contribution in [0, 0.1) is 0 Å². The summed E-state index contributed by atoms with van der Waals surface area (Å²) in [5, 5.41) is 26.3. The van der Waals surface area contributed by atoms with Gasteiger partial charge >= 0.3 is 5.97 Å². The molecule has 0 fully saturated rings. The molecule has 0 amide bonds. The quantitative estimate of drug-likeness (QED) is 0.771. The maximum Gasteiger partial charge on any atom is 0.331 e. The van der Waals surface area contributed by atoms with Crippen molar-refractivity contribution in [1.29, 1.82) is 0 Å². The Hall–Kier alpha value is -2.58. The topological polar surface area (TPSA) is 127 Å². The molecular formula is C10H12N6O3. The van der Waals surface area contributed by atoms with Crippen LogP contribution < -0.4 is 5.56 Å². The second-order valence-electron chi connectivity index (χ2n) is 4.15. The van der Waals surface area contributed by atoms with E-state index in [1.165, 1.54) is 23.7 Å². The van der Waals surface area contributed by atoms with Crippen molar-refractivity contribution >= 4 is 5.97 Å². The number of aromatic amines is 1. The van der Waals surface area contributed by atoms with Crippen molar-refractivity contribution in [3.63, 3.8) is 0 Å². The first-order valence-electron chi connectivity index (χ1n) is 5.57. The Morgan fingerprint density at radius 1 is 1.53 bits per heavy atom. The van der Waals surface area contributed by atoms with Crippen LogP contribution in [0.1, 0.15) is 20.3 Å². The second kappa shape index (κ2) is 4.59. The molecule has 100 valence electrons. The molecule has 0 saturated carbocycles. The summed E-state index contributed by atoms with van der Waals surface area (Å²) in [4.78, 5) is 22.4. The molecule has 0 aromatic carbocycles. The van der Waals surface area contributed by atoms with E-state index in [0.29, 0.717) is 12.1 Å². The summed E-state index contributed by atoms with van der Waals surface area (Å²) in [7, 11) is 0. The molecule has 0 bridgehead atoms. The SMILES string of the molecule is CCC(C)(C(=O)O)n1nnnc1-c1ccc(=O)[nH]n1. The van der Waals surface area contributed by atoms with Crippen LogP contribution in [0.5, 0.6) is 0 Å². The van der Waals surface area contributed by atoms with Crippen molar-refractivity contribution in [3.05, 3.63) is 22.5 Å². The van der Waals surface area contributed by atoms with E-state index >= 15 is 0 Å². The maximum atomic E-state index is 11.4. The van der Waals surface area contributed by atoms with Gasteiger partial charge in [-0.2, -0.15) is 5.10 Å². The van der Waals surface area contributed by atoms with Crippen LogP contribution in [0.15, 0.2) is 16.9 Å². The Morgan fingerprint density at radius 3 is 2.79 bits per heavy atom. The zero-order chi connectivity index (χ0) is 14.0. The minimum Gasteiger partial charge on any atom is -0.479 e. The molecule has 1 unspecified atom stereocenters. The number of carboxylic acid groups (broad SMARTS) is 1. The molecule has 2 aromatic rings. The molecule has 19 heavy (non-hydrogen) atoms. The molecule has 0 saturated heterocycles. The summed E-state index contributed by atoms with van der Waals surface area (Å²) in [6, 6.07) is 2.70. The Morgan fingerprint density at radius 2 is 2.26 bits per heavy atom. The first-order valence-corrected chi connectivity index (χ1v) is 5.57. The zero-order valence-electron chi connectivity index (χ0n) is 10.4. The predicted molar refractivity (Wildman–Crippen MR) is 63.2 cm³/mol. The predicted octanol–water partition coefficient (Wildman–Crippen LogP) is -0.367. The van der Waals surface area contributed by atoms with Crippen LogP contribution in [0.4, 0.5) is 0 Å². The van der Waals surface area contributed by atoms with Gasteiger partial charge in [0.05, 0.1) is 0 Å². The molecular weight excluding hydrogens is 252 g/mol. The summed E-state index contributed by atoms with van der Waals surface area (Å²) in [6.45, 7) is 3.24. The largest absolute Gasteiger partial charge is 0.479 e. The number of carboxylic acids is 1. The fourth-order valence-electron chi connectivity index (χ4n) is 1.54.